The van der Waals surface area contributed by atoms with Gasteiger partial charge in [0.2, 0.25) is 0 Å². The van der Waals surface area contributed by atoms with E-state index in [1.807, 2.05) is 23.9 Å². The summed E-state index contributed by atoms with van der Waals surface area (Å²) in [7, 11) is 5.86. The first-order chi connectivity index (χ1) is 8.17. The Morgan fingerprint density at radius 1 is 1.41 bits per heavy atom. The van der Waals surface area contributed by atoms with Gasteiger partial charge in [-0.15, -0.1) is 0 Å². The quantitative estimate of drug-likeness (QED) is 0.807. The maximum absolute atomic E-state index is 5.84. The van der Waals surface area contributed by atoms with E-state index in [9.17, 15) is 0 Å². The molecule has 0 saturated heterocycles. The zero-order valence-corrected chi connectivity index (χ0v) is 11.7. The number of nitrogens with two attached hydrogens (primary N) is 1. The van der Waals surface area contributed by atoms with E-state index in [4.69, 9.17) is 10.5 Å². The predicted octanol–water partition coefficient (Wildman–Crippen LogP) is 1.99. The van der Waals surface area contributed by atoms with Gasteiger partial charge in [-0.25, -0.2) is 0 Å². The molecule has 1 aromatic rings. The number of thioether (sulfide) groups is 1. The molecular formula is C13H22N2OS. The lowest BCUT2D eigenvalue weighted by atomic mass is 10.1. The Balaban J connectivity index is 2.59. The van der Waals surface area contributed by atoms with Crippen molar-refractivity contribution in [2.45, 2.75) is 5.25 Å². The molecule has 4 heteroatoms. The van der Waals surface area contributed by atoms with Gasteiger partial charge in [0, 0.05) is 24.1 Å². The highest BCUT2D eigenvalue weighted by Crippen LogP contribution is 2.29. The third-order valence-corrected chi connectivity index (χ3v) is 3.82. The molecule has 0 aliphatic rings. The van der Waals surface area contributed by atoms with Gasteiger partial charge in [-0.1, -0.05) is 12.1 Å². The van der Waals surface area contributed by atoms with Gasteiger partial charge in [-0.2, -0.15) is 11.8 Å². The summed E-state index contributed by atoms with van der Waals surface area (Å²) in [4.78, 5) is 2.19. The molecule has 0 aliphatic heterocycles. The van der Waals surface area contributed by atoms with Crippen LogP contribution in [0.4, 0.5) is 0 Å². The molecule has 0 radical (unpaired) electrons. The number of benzene rings is 1. The molecule has 0 fully saturated rings. The zero-order chi connectivity index (χ0) is 12.7. The van der Waals surface area contributed by atoms with E-state index in [2.05, 4.69) is 31.1 Å². The van der Waals surface area contributed by atoms with Crippen LogP contribution in [0.5, 0.6) is 5.75 Å². The summed E-state index contributed by atoms with van der Waals surface area (Å²) in [6.07, 6.45) is 0. The molecule has 1 atom stereocenters. The van der Waals surface area contributed by atoms with Crippen molar-refractivity contribution in [2.24, 2.45) is 5.73 Å². The van der Waals surface area contributed by atoms with Gasteiger partial charge in [0.15, 0.2) is 0 Å². The largest absolute Gasteiger partial charge is 0.497 e. The fraction of sp³-hybridized carbons (Fsp3) is 0.538. The summed E-state index contributed by atoms with van der Waals surface area (Å²) in [6.45, 7) is 1.73. The molecule has 3 nitrogen and oxygen atoms in total. The van der Waals surface area contributed by atoms with E-state index in [-0.39, 0.29) is 0 Å². The Bertz CT molecular complexity index is 331. The van der Waals surface area contributed by atoms with Crippen LogP contribution in [0.2, 0.25) is 0 Å². The molecule has 1 aromatic carbocycles. The molecule has 0 bridgehead atoms. The molecule has 0 heterocycles. The van der Waals surface area contributed by atoms with E-state index in [0.717, 1.165) is 18.0 Å². The van der Waals surface area contributed by atoms with Crippen LogP contribution in [0, 0.1) is 0 Å². The minimum absolute atomic E-state index is 0.352. The molecule has 0 spiro atoms. The summed E-state index contributed by atoms with van der Waals surface area (Å²) in [6, 6.07) is 8.16. The number of hydrogen-bond acceptors (Lipinski definition) is 4. The van der Waals surface area contributed by atoms with E-state index >= 15 is 0 Å². The predicted molar refractivity (Wildman–Crippen MR) is 75.8 cm³/mol. The molecule has 2 N–H and O–H groups in total. The molecule has 17 heavy (non-hydrogen) atoms. The average Bonchev–Trinajstić information content (AvgIpc) is 2.34. The highest BCUT2D eigenvalue weighted by molar-refractivity contribution is 7.99. The van der Waals surface area contributed by atoms with Gasteiger partial charge < -0.3 is 15.4 Å². The van der Waals surface area contributed by atoms with Crippen molar-refractivity contribution in [2.75, 3.05) is 40.0 Å². The molecule has 0 aromatic heterocycles. The van der Waals surface area contributed by atoms with Gasteiger partial charge in [-0.05, 0) is 31.8 Å². The standard InChI is InChI=1S/C13H22N2OS/c1-15(2)7-8-17-13(10-14)11-5-4-6-12(9-11)16-3/h4-6,9,13H,7-8,10,14H2,1-3H3. The van der Waals surface area contributed by atoms with Gasteiger partial charge in [0.25, 0.3) is 0 Å². The van der Waals surface area contributed by atoms with Crippen LogP contribution >= 0.6 is 11.8 Å². The van der Waals surface area contributed by atoms with Crippen LogP contribution in [-0.4, -0.2) is 44.9 Å². The van der Waals surface area contributed by atoms with Gasteiger partial charge >= 0.3 is 0 Å². The second kappa shape index (κ2) is 7.58. The van der Waals surface area contributed by atoms with Crippen molar-refractivity contribution in [3.05, 3.63) is 29.8 Å². The van der Waals surface area contributed by atoms with Crippen LogP contribution in [0.1, 0.15) is 10.8 Å². The Morgan fingerprint density at radius 2 is 2.18 bits per heavy atom. The Hall–Kier alpha value is -0.710. The van der Waals surface area contributed by atoms with E-state index in [0.29, 0.717) is 11.8 Å². The molecule has 0 aliphatic carbocycles. The minimum atomic E-state index is 0.352. The number of ether oxygens (including phenoxy) is 1. The maximum atomic E-state index is 5.84. The van der Waals surface area contributed by atoms with Crippen molar-refractivity contribution in [1.82, 2.24) is 4.90 Å². The second-order valence-electron chi connectivity index (χ2n) is 4.18. The highest BCUT2D eigenvalue weighted by Gasteiger charge is 2.10. The summed E-state index contributed by atoms with van der Waals surface area (Å²) in [5, 5.41) is 0.352. The van der Waals surface area contributed by atoms with E-state index in [1.54, 1.807) is 7.11 Å². The van der Waals surface area contributed by atoms with Gasteiger partial charge in [-0.3, -0.25) is 0 Å². The molecule has 0 amide bonds. The SMILES string of the molecule is COc1cccc(C(CN)SCCN(C)C)c1. The third kappa shape index (κ3) is 4.98. The van der Waals surface area contributed by atoms with Gasteiger partial charge in [0.05, 0.1) is 7.11 Å². The number of methoxy groups -OCH3 is 1. The van der Waals surface area contributed by atoms with Gasteiger partial charge in [0.1, 0.15) is 5.75 Å². The fourth-order valence-corrected chi connectivity index (χ4v) is 2.75. The van der Waals surface area contributed by atoms with Crippen LogP contribution in [0.3, 0.4) is 0 Å². The third-order valence-electron chi connectivity index (χ3n) is 2.54. The number of rotatable bonds is 7. The van der Waals surface area contributed by atoms with Crippen LogP contribution in [-0.2, 0) is 0 Å². The summed E-state index contributed by atoms with van der Waals surface area (Å²) >= 11 is 1.90. The summed E-state index contributed by atoms with van der Waals surface area (Å²) in [5.41, 5.74) is 7.08. The second-order valence-corrected chi connectivity index (χ2v) is 5.49. The van der Waals surface area contributed by atoms with Crippen LogP contribution in [0.25, 0.3) is 0 Å². The van der Waals surface area contributed by atoms with E-state index in [1.165, 1.54) is 5.56 Å². The zero-order valence-electron chi connectivity index (χ0n) is 10.8. The molecular weight excluding hydrogens is 232 g/mol. The maximum Gasteiger partial charge on any atom is 0.119 e. The molecule has 1 rings (SSSR count). The summed E-state index contributed by atoms with van der Waals surface area (Å²) in [5.74, 6) is 1.99. The molecule has 96 valence electrons. The Kier molecular flexibility index (Phi) is 6.40. The monoisotopic (exact) mass is 254 g/mol. The molecule has 0 saturated carbocycles. The Morgan fingerprint density at radius 3 is 2.76 bits per heavy atom. The van der Waals surface area contributed by atoms with Crippen molar-refractivity contribution < 1.29 is 4.74 Å². The highest BCUT2D eigenvalue weighted by atomic mass is 32.2. The topological polar surface area (TPSA) is 38.5 Å². The Labute approximate surface area is 108 Å². The number of hydrogen-bond donors (Lipinski definition) is 1. The lowest BCUT2D eigenvalue weighted by molar-refractivity contribution is 0.414. The summed E-state index contributed by atoms with van der Waals surface area (Å²) < 4.78 is 5.23. The van der Waals surface area contributed by atoms with Crippen molar-refractivity contribution in [3.63, 3.8) is 0 Å². The lowest BCUT2D eigenvalue weighted by Crippen LogP contribution is -2.17. The normalized spacial score (nSPS) is 12.8. The van der Waals surface area contributed by atoms with E-state index < -0.39 is 0 Å². The smallest absolute Gasteiger partial charge is 0.119 e. The first-order valence-corrected chi connectivity index (χ1v) is 6.82. The van der Waals surface area contributed by atoms with Crippen LogP contribution < -0.4 is 10.5 Å². The average molecular weight is 254 g/mol. The minimum Gasteiger partial charge on any atom is -0.497 e. The first kappa shape index (κ1) is 14.4. The van der Waals surface area contributed by atoms with Crippen molar-refractivity contribution >= 4 is 11.8 Å². The molecule has 1 unspecified atom stereocenters. The first-order valence-electron chi connectivity index (χ1n) is 5.77. The lowest BCUT2D eigenvalue weighted by Gasteiger charge is -2.17. The van der Waals surface area contributed by atoms with Crippen LogP contribution in [0.15, 0.2) is 24.3 Å². The fourth-order valence-electron chi connectivity index (χ4n) is 1.52. The van der Waals surface area contributed by atoms with Crippen molar-refractivity contribution in [3.8, 4) is 5.75 Å². The number of nitrogens with zero attached hydrogens (tertiary/aromatic N) is 1. The van der Waals surface area contributed by atoms with Crippen molar-refractivity contribution in [1.29, 1.82) is 0 Å².